The van der Waals surface area contributed by atoms with E-state index in [2.05, 4.69) is 30.0 Å². The number of carbonyl (C=O) groups excluding carboxylic acids is 1. The summed E-state index contributed by atoms with van der Waals surface area (Å²) in [4.78, 5) is 27.5. The summed E-state index contributed by atoms with van der Waals surface area (Å²) in [6.07, 6.45) is 10.9. The number of carbonyl (C=O) groups is 1. The van der Waals surface area contributed by atoms with E-state index in [0.717, 1.165) is 62.0 Å². The third-order valence-electron chi connectivity index (χ3n) is 6.46. The van der Waals surface area contributed by atoms with E-state index in [1.165, 1.54) is 12.8 Å². The molecule has 1 aliphatic carbocycles. The molecule has 29 heavy (non-hydrogen) atoms. The standard InChI is InChI=1S/C21H26N6O2/c1-14-25-26-20(29-14)17(28)15-4-2-7-21(8-9-21)12-27(11-3-5-15)19-16-6-10-22-18(16)23-13-24-19/h6,10,13,15H,2-5,7-9,11-12H2,1H3,(H,22,23,24). The molecule has 1 unspecified atom stereocenters. The minimum atomic E-state index is -0.0525. The average molecular weight is 394 g/mol. The summed E-state index contributed by atoms with van der Waals surface area (Å²) >= 11 is 0. The number of H-pyrrole nitrogens is 1. The largest absolute Gasteiger partial charge is 0.419 e. The van der Waals surface area contributed by atoms with Gasteiger partial charge in [0, 0.05) is 32.1 Å². The third-order valence-corrected chi connectivity index (χ3v) is 6.46. The number of hydrogen-bond acceptors (Lipinski definition) is 7. The van der Waals surface area contributed by atoms with Gasteiger partial charge in [-0.15, -0.1) is 10.2 Å². The van der Waals surface area contributed by atoms with E-state index in [1.54, 1.807) is 13.3 Å². The van der Waals surface area contributed by atoms with E-state index >= 15 is 0 Å². The molecule has 5 rings (SSSR count). The van der Waals surface area contributed by atoms with Crippen LogP contribution in [-0.2, 0) is 0 Å². The Balaban J connectivity index is 1.38. The van der Waals surface area contributed by atoms with Gasteiger partial charge in [0.2, 0.25) is 11.7 Å². The molecule has 0 bridgehead atoms. The lowest BCUT2D eigenvalue weighted by atomic mass is 9.87. The molecule has 8 nitrogen and oxygen atoms in total. The van der Waals surface area contributed by atoms with Gasteiger partial charge in [0.1, 0.15) is 17.8 Å². The number of hydrogen-bond donors (Lipinski definition) is 1. The van der Waals surface area contributed by atoms with Gasteiger partial charge in [-0.05, 0) is 50.0 Å². The maximum absolute atomic E-state index is 12.9. The quantitative estimate of drug-likeness (QED) is 0.676. The summed E-state index contributed by atoms with van der Waals surface area (Å²) in [7, 11) is 0. The van der Waals surface area contributed by atoms with E-state index in [9.17, 15) is 4.79 Å². The van der Waals surface area contributed by atoms with Crippen LogP contribution in [0.5, 0.6) is 0 Å². The maximum atomic E-state index is 12.9. The van der Waals surface area contributed by atoms with Gasteiger partial charge in [0.25, 0.3) is 5.89 Å². The summed E-state index contributed by atoms with van der Waals surface area (Å²) in [6, 6.07) is 2.05. The minimum absolute atomic E-state index is 0.00219. The van der Waals surface area contributed by atoms with Crippen molar-refractivity contribution < 1.29 is 9.21 Å². The van der Waals surface area contributed by atoms with Gasteiger partial charge in [-0.2, -0.15) is 0 Å². The monoisotopic (exact) mass is 394 g/mol. The van der Waals surface area contributed by atoms with Gasteiger partial charge in [-0.25, -0.2) is 9.97 Å². The zero-order valence-electron chi connectivity index (χ0n) is 16.7. The number of aromatic nitrogens is 5. The number of rotatable bonds is 3. The normalized spacial score (nSPS) is 22.1. The first kappa shape index (κ1) is 18.3. The molecular weight excluding hydrogens is 368 g/mol. The zero-order valence-corrected chi connectivity index (χ0v) is 16.7. The first-order valence-corrected chi connectivity index (χ1v) is 10.5. The molecule has 0 amide bonds. The Kier molecular flexibility index (Phi) is 4.56. The molecule has 3 aromatic heterocycles. The van der Waals surface area contributed by atoms with Gasteiger partial charge in [0.05, 0.1) is 5.39 Å². The van der Waals surface area contributed by atoms with Crippen LogP contribution in [-0.4, -0.2) is 44.0 Å². The zero-order chi connectivity index (χ0) is 19.8. The first-order chi connectivity index (χ1) is 14.1. The van der Waals surface area contributed by atoms with Crippen molar-refractivity contribution in [3.63, 3.8) is 0 Å². The fraction of sp³-hybridized carbons (Fsp3) is 0.571. The van der Waals surface area contributed by atoms with Crippen LogP contribution in [0.15, 0.2) is 23.0 Å². The molecular formula is C21H26N6O2. The van der Waals surface area contributed by atoms with Crippen LogP contribution < -0.4 is 4.90 Å². The third kappa shape index (κ3) is 3.63. The van der Waals surface area contributed by atoms with Gasteiger partial charge < -0.3 is 14.3 Å². The summed E-state index contributed by atoms with van der Waals surface area (Å²) < 4.78 is 5.41. The molecule has 1 saturated carbocycles. The van der Waals surface area contributed by atoms with Crippen molar-refractivity contribution in [3.05, 3.63) is 30.4 Å². The summed E-state index contributed by atoms with van der Waals surface area (Å²) in [5.41, 5.74) is 1.23. The number of aryl methyl sites for hydroxylation is 1. The van der Waals surface area contributed by atoms with E-state index in [4.69, 9.17) is 4.42 Å². The van der Waals surface area contributed by atoms with Crippen LogP contribution in [0.25, 0.3) is 11.0 Å². The van der Waals surface area contributed by atoms with Crippen molar-refractivity contribution in [3.8, 4) is 0 Å². The van der Waals surface area contributed by atoms with Gasteiger partial charge in [0.15, 0.2) is 0 Å². The number of Topliss-reactive ketones (excluding diaryl/α,β-unsaturated/α-hetero) is 1. The molecule has 2 aliphatic rings. The van der Waals surface area contributed by atoms with Crippen LogP contribution in [0, 0.1) is 18.3 Å². The molecule has 1 N–H and O–H groups in total. The van der Waals surface area contributed by atoms with Crippen LogP contribution in [0.3, 0.4) is 0 Å². The van der Waals surface area contributed by atoms with Crippen molar-refractivity contribution in [2.24, 2.45) is 11.3 Å². The van der Waals surface area contributed by atoms with E-state index in [0.29, 0.717) is 11.3 Å². The smallest absolute Gasteiger partial charge is 0.284 e. The second kappa shape index (κ2) is 7.24. The molecule has 152 valence electrons. The van der Waals surface area contributed by atoms with E-state index in [1.807, 2.05) is 12.3 Å². The van der Waals surface area contributed by atoms with Crippen LogP contribution in [0.1, 0.15) is 61.5 Å². The topological polar surface area (TPSA) is 101 Å². The van der Waals surface area contributed by atoms with Crippen molar-refractivity contribution in [2.45, 2.75) is 51.9 Å². The minimum Gasteiger partial charge on any atom is -0.419 e. The Morgan fingerprint density at radius 1 is 1.21 bits per heavy atom. The van der Waals surface area contributed by atoms with E-state index in [-0.39, 0.29) is 17.6 Å². The Labute approximate surface area is 169 Å². The highest BCUT2D eigenvalue weighted by Crippen LogP contribution is 2.51. The Hall–Kier alpha value is -2.77. The number of fused-ring (bicyclic) bond motifs is 1. The van der Waals surface area contributed by atoms with Crippen molar-refractivity contribution >= 4 is 22.6 Å². The highest BCUT2D eigenvalue weighted by Gasteiger charge is 2.44. The molecule has 0 radical (unpaired) electrons. The Bertz CT molecular complexity index is 1020. The predicted molar refractivity (Wildman–Crippen MR) is 108 cm³/mol. The summed E-state index contributed by atoms with van der Waals surface area (Å²) in [5, 5.41) is 8.84. The molecule has 3 aromatic rings. The number of nitrogens with zero attached hydrogens (tertiary/aromatic N) is 5. The molecule has 0 aromatic carbocycles. The maximum Gasteiger partial charge on any atom is 0.284 e. The van der Waals surface area contributed by atoms with Crippen molar-refractivity contribution in [1.82, 2.24) is 25.1 Å². The number of nitrogens with one attached hydrogen (secondary N) is 1. The van der Waals surface area contributed by atoms with Gasteiger partial charge >= 0.3 is 0 Å². The SMILES string of the molecule is Cc1nnc(C(=O)C2CCCN(c3ncnc4[nH]ccc34)CC3(CCC2)CC3)o1. The predicted octanol–water partition coefficient (Wildman–Crippen LogP) is 3.70. The summed E-state index contributed by atoms with van der Waals surface area (Å²) in [6.45, 7) is 3.63. The Morgan fingerprint density at radius 2 is 2.07 bits per heavy atom. The lowest BCUT2D eigenvalue weighted by molar-refractivity contribution is 0.0862. The second-order valence-corrected chi connectivity index (χ2v) is 8.58. The van der Waals surface area contributed by atoms with Crippen LogP contribution in [0.4, 0.5) is 5.82 Å². The second-order valence-electron chi connectivity index (χ2n) is 8.58. The van der Waals surface area contributed by atoms with Crippen LogP contribution >= 0.6 is 0 Å². The fourth-order valence-electron chi connectivity index (χ4n) is 4.67. The van der Waals surface area contributed by atoms with Gasteiger partial charge in [-0.1, -0.05) is 6.42 Å². The Morgan fingerprint density at radius 3 is 2.86 bits per heavy atom. The molecule has 8 heteroatoms. The fourth-order valence-corrected chi connectivity index (χ4v) is 4.67. The highest BCUT2D eigenvalue weighted by atomic mass is 16.4. The number of anilines is 1. The average Bonchev–Trinajstić information content (AvgIpc) is 3.12. The molecule has 4 heterocycles. The molecule has 1 saturated heterocycles. The lowest BCUT2D eigenvalue weighted by Gasteiger charge is -2.31. The van der Waals surface area contributed by atoms with Crippen molar-refractivity contribution in [1.29, 1.82) is 0 Å². The number of aromatic amines is 1. The van der Waals surface area contributed by atoms with Crippen LogP contribution in [0.2, 0.25) is 0 Å². The molecule has 2 fully saturated rings. The number of ketones is 1. The molecule has 1 aliphatic heterocycles. The van der Waals surface area contributed by atoms with E-state index < -0.39 is 0 Å². The highest BCUT2D eigenvalue weighted by molar-refractivity contribution is 5.93. The van der Waals surface area contributed by atoms with Crippen molar-refractivity contribution in [2.75, 3.05) is 18.0 Å². The molecule has 1 atom stereocenters. The van der Waals surface area contributed by atoms with Gasteiger partial charge in [-0.3, -0.25) is 4.79 Å². The lowest BCUT2D eigenvalue weighted by Crippen LogP contribution is -2.34. The first-order valence-electron chi connectivity index (χ1n) is 10.5. The molecule has 1 spiro atoms. The summed E-state index contributed by atoms with van der Waals surface area (Å²) in [5.74, 6) is 1.54.